The standard InChI is InChI=1S/C26H30N2O3/c1-18(2)17-31-23-14-13-19-9-4-5-10-20(19)24(23)25-27-22-12-7-6-11-21(22)26(29)28(25)15-8-16-30-3/h4-7,9-14,18,25,27H,8,15-17H2,1-3H3. The summed E-state index contributed by atoms with van der Waals surface area (Å²) in [4.78, 5) is 15.4. The maximum absolute atomic E-state index is 13.5. The van der Waals surface area contributed by atoms with E-state index < -0.39 is 0 Å². The van der Waals surface area contributed by atoms with Crippen molar-refractivity contribution in [2.24, 2.45) is 5.92 Å². The van der Waals surface area contributed by atoms with Crippen LogP contribution in [0.25, 0.3) is 10.8 Å². The van der Waals surface area contributed by atoms with Crippen molar-refractivity contribution < 1.29 is 14.3 Å². The van der Waals surface area contributed by atoms with Crippen LogP contribution in [-0.4, -0.2) is 37.7 Å². The quantitative estimate of drug-likeness (QED) is 0.492. The van der Waals surface area contributed by atoms with Crippen molar-refractivity contribution in [3.63, 3.8) is 0 Å². The highest BCUT2D eigenvalue weighted by Crippen LogP contribution is 2.40. The van der Waals surface area contributed by atoms with E-state index in [2.05, 4.69) is 37.4 Å². The number of ether oxygens (including phenoxy) is 2. The van der Waals surface area contributed by atoms with Crippen LogP contribution < -0.4 is 10.1 Å². The maximum atomic E-state index is 13.5. The van der Waals surface area contributed by atoms with Gasteiger partial charge in [0.25, 0.3) is 5.91 Å². The lowest BCUT2D eigenvalue weighted by Gasteiger charge is -2.39. The molecule has 1 unspecified atom stereocenters. The number of fused-ring (bicyclic) bond motifs is 2. The van der Waals surface area contributed by atoms with Crippen molar-refractivity contribution in [2.45, 2.75) is 26.4 Å². The van der Waals surface area contributed by atoms with Gasteiger partial charge in [-0.05, 0) is 41.3 Å². The highest BCUT2D eigenvalue weighted by molar-refractivity contribution is 6.02. The lowest BCUT2D eigenvalue weighted by Crippen LogP contribution is -2.44. The highest BCUT2D eigenvalue weighted by Gasteiger charge is 2.35. The molecule has 5 heteroatoms. The number of amides is 1. The zero-order valence-corrected chi connectivity index (χ0v) is 18.4. The Morgan fingerprint density at radius 3 is 2.61 bits per heavy atom. The largest absolute Gasteiger partial charge is 0.493 e. The van der Waals surface area contributed by atoms with Crippen molar-refractivity contribution in [3.8, 4) is 5.75 Å². The van der Waals surface area contributed by atoms with Gasteiger partial charge in [0.05, 0.1) is 12.2 Å². The first-order valence-electron chi connectivity index (χ1n) is 10.9. The fourth-order valence-corrected chi connectivity index (χ4v) is 4.07. The van der Waals surface area contributed by atoms with Crippen molar-refractivity contribution in [3.05, 3.63) is 71.8 Å². The van der Waals surface area contributed by atoms with Crippen LogP contribution in [0.2, 0.25) is 0 Å². The molecule has 1 N–H and O–H groups in total. The minimum atomic E-state index is -0.326. The molecule has 0 bridgehead atoms. The highest BCUT2D eigenvalue weighted by atomic mass is 16.5. The number of anilines is 1. The number of rotatable bonds is 8. The molecule has 0 radical (unpaired) electrons. The molecule has 1 aliphatic heterocycles. The number of para-hydroxylation sites is 1. The molecule has 5 nitrogen and oxygen atoms in total. The summed E-state index contributed by atoms with van der Waals surface area (Å²) >= 11 is 0. The molecule has 31 heavy (non-hydrogen) atoms. The van der Waals surface area contributed by atoms with Gasteiger partial charge in [-0.3, -0.25) is 4.79 Å². The number of nitrogens with one attached hydrogen (secondary N) is 1. The number of methoxy groups -OCH3 is 1. The van der Waals surface area contributed by atoms with E-state index in [-0.39, 0.29) is 12.1 Å². The summed E-state index contributed by atoms with van der Waals surface area (Å²) in [6, 6.07) is 20.1. The van der Waals surface area contributed by atoms with Crippen LogP contribution in [0.5, 0.6) is 5.75 Å². The van der Waals surface area contributed by atoms with Crippen molar-refractivity contribution in [2.75, 3.05) is 32.2 Å². The molecular formula is C26H30N2O3. The molecule has 0 saturated carbocycles. The minimum absolute atomic E-state index is 0.0261. The van der Waals surface area contributed by atoms with Crippen molar-refractivity contribution in [1.82, 2.24) is 4.90 Å². The lowest BCUT2D eigenvalue weighted by molar-refractivity contribution is 0.0658. The van der Waals surface area contributed by atoms with E-state index in [0.717, 1.165) is 34.2 Å². The molecule has 4 rings (SSSR count). The van der Waals surface area contributed by atoms with Gasteiger partial charge >= 0.3 is 0 Å². The Morgan fingerprint density at radius 2 is 1.81 bits per heavy atom. The SMILES string of the molecule is COCCCN1C(=O)c2ccccc2NC1c1c(OCC(C)C)ccc2ccccc12. The van der Waals surface area contributed by atoms with Crippen LogP contribution >= 0.6 is 0 Å². The summed E-state index contributed by atoms with van der Waals surface area (Å²) in [5.74, 6) is 1.24. The van der Waals surface area contributed by atoms with Crippen molar-refractivity contribution >= 4 is 22.4 Å². The predicted molar refractivity (Wildman–Crippen MR) is 125 cm³/mol. The zero-order chi connectivity index (χ0) is 21.8. The fourth-order valence-electron chi connectivity index (χ4n) is 4.07. The summed E-state index contributed by atoms with van der Waals surface area (Å²) in [6.07, 6.45) is 0.433. The number of hydrogen-bond acceptors (Lipinski definition) is 4. The Labute approximate surface area is 184 Å². The van der Waals surface area contributed by atoms with E-state index >= 15 is 0 Å². The summed E-state index contributed by atoms with van der Waals surface area (Å²) < 4.78 is 11.5. The van der Waals surface area contributed by atoms with Gasteiger partial charge in [0.1, 0.15) is 11.9 Å². The monoisotopic (exact) mass is 418 g/mol. The average molecular weight is 419 g/mol. The van der Waals surface area contributed by atoms with E-state index in [1.54, 1.807) is 7.11 Å². The maximum Gasteiger partial charge on any atom is 0.257 e. The van der Waals surface area contributed by atoms with E-state index in [1.165, 1.54) is 0 Å². The smallest absolute Gasteiger partial charge is 0.257 e. The third-order valence-electron chi connectivity index (χ3n) is 5.55. The molecule has 0 aromatic heterocycles. The van der Waals surface area contributed by atoms with Crippen LogP contribution in [0.15, 0.2) is 60.7 Å². The van der Waals surface area contributed by atoms with Gasteiger partial charge in [0, 0.05) is 31.5 Å². The summed E-state index contributed by atoms with van der Waals surface area (Å²) in [7, 11) is 1.69. The van der Waals surface area contributed by atoms with Gasteiger partial charge in [-0.15, -0.1) is 0 Å². The predicted octanol–water partition coefficient (Wildman–Crippen LogP) is 5.48. The number of benzene rings is 3. The third-order valence-corrected chi connectivity index (χ3v) is 5.55. The Bertz CT molecular complexity index is 1060. The fraction of sp³-hybridized carbons (Fsp3) is 0.346. The van der Waals surface area contributed by atoms with Crippen LogP contribution in [0.4, 0.5) is 5.69 Å². The Balaban J connectivity index is 1.84. The van der Waals surface area contributed by atoms with Gasteiger partial charge in [0.2, 0.25) is 0 Å². The van der Waals surface area contributed by atoms with E-state index in [9.17, 15) is 4.79 Å². The average Bonchev–Trinajstić information content (AvgIpc) is 2.78. The molecule has 1 amide bonds. The van der Waals surface area contributed by atoms with Gasteiger partial charge in [-0.25, -0.2) is 0 Å². The molecule has 3 aromatic carbocycles. The third kappa shape index (κ3) is 4.37. The second-order valence-electron chi connectivity index (χ2n) is 8.34. The first-order valence-corrected chi connectivity index (χ1v) is 10.9. The summed E-state index contributed by atoms with van der Waals surface area (Å²) in [5.41, 5.74) is 2.54. The van der Waals surface area contributed by atoms with E-state index in [1.807, 2.05) is 47.4 Å². The Morgan fingerprint density at radius 1 is 1.03 bits per heavy atom. The number of carbonyl (C=O) groups excluding carboxylic acids is 1. The van der Waals surface area contributed by atoms with Gasteiger partial charge in [-0.1, -0.05) is 56.3 Å². The van der Waals surface area contributed by atoms with E-state index in [0.29, 0.717) is 31.2 Å². The number of carbonyl (C=O) groups is 1. The molecule has 3 aromatic rings. The summed E-state index contributed by atoms with van der Waals surface area (Å²) in [6.45, 7) is 6.08. The van der Waals surface area contributed by atoms with Crippen molar-refractivity contribution in [1.29, 1.82) is 0 Å². The number of nitrogens with zero attached hydrogens (tertiary/aromatic N) is 1. The zero-order valence-electron chi connectivity index (χ0n) is 18.4. The van der Waals surface area contributed by atoms with Crippen LogP contribution in [-0.2, 0) is 4.74 Å². The normalized spacial score (nSPS) is 15.8. The minimum Gasteiger partial charge on any atom is -0.493 e. The Kier molecular flexibility index (Phi) is 6.42. The Hall–Kier alpha value is -3.05. The van der Waals surface area contributed by atoms with Gasteiger partial charge in [-0.2, -0.15) is 0 Å². The van der Waals surface area contributed by atoms with E-state index in [4.69, 9.17) is 9.47 Å². The van der Waals surface area contributed by atoms with Crippen LogP contribution in [0.1, 0.15) is 42.4 Å². The lowest BCUT2D eigenvalue weighted by atomic mass is 9.97. The molecule has 1 aliphatic rings. The van der Waals surface area contributed by atoms with Crippen LogP contribution in [0, 0.1) is 5.92 Å². The molecule has 162 valence electrons. The molecule has 0 saturated heterocycles. The number of hydrogen-bond donors (Lipinski definition) is 1. The molecule has 0 fully saturated rings. The topological polar surface area (TPSA) is 50.8 Å². The molecule has 1 heterocycles. The second-order valence-corrected chi connectivity index (χ2v) is 8.34. The van der Waals surface area contributed by atoms with Gasteiger partial charge in [0.15, 0.2) is 0 Å². The first-order chi connectivity index (χ1) is 15.1. The van der Waals surface area contributed by atoms with Gasteiger partial charge < -0.3 is 19.7 Å². The second kappa shape index (κ2) is 9.40. The summed E-state index contributed by atoms with van der Waals surface area (Å²) in [5, 5.41) is 5.84. The molecular weight excluding hydrogens is 388 g/mol. The molecule has 1 atom stereocenters. The molecule has 0 spiro atoms. The van der Waals surface area contributed by atoms with Crippen LogP contribution in [0.3, 0.4) is 0 Å². The molecule has 0 aliphatic carbocycles. The first kappa shape index (κ1) is 21.2.